The fraction of sp³-hybridized carbons (Fsp3) is 0.571. The lowest BCUT2D eigenvalue weighted by molar-refractivity contribution is -0.694. The van der Waals surface area contributed by atoms with E-state index in [1.54, 1.807) is 0 Å². The molecule has 1 aliphatic carbocycles. The molecule has 1 aliphatic heterocycles. The number of benzene rings is 1. The Bertz CT molecular complexity index is 394. The third kappa shape index (κ3) is 2.06. The summed E-state index contributed by atoms with van der Waals surface area (Å²) in [6.07, 6.45) is 0.888. The molecule has 0 spiro atoms. The van der Waals surface area contributed by atoms with Crippen molar-refractivity contribution in [3.05, 3.63) is 35.9 Å². The predicted molar refractivity (Wildman–Crippen MR) is 64.0 cm³/mol. The van der Waals surface area contributed by atoms with Gasteiger partial charge >= 0.3 is 0 Å². The maximum atomic E-state index is 5.32. The second-order valence-electron chi connectivity index (χ2n) is 5.35. The minimum atomic E-state index is -0.104. The van der Waals surface area contributed by atoms with Crippen molar-refractivity contribution in [1.82, 2.24) is 0 Å². The van der Waals surface area contributed by atoms with Gasteiger partial charge in [-0.3, -0.25) is 0 Å². The number of hydrogen-bond acceptors (Lipinski definition) is 4. The molecule has 1 aromatic carbocycles. The zero-order valence-electron chi connectivity index (χ0n) is 10.6. The monoisotopic (exact) mass is 250 g/mol. The Kier molecular flexibility index (Phi) is 3.35. The van der Waals surface area contributed by atoms with Gasteiger partial charge in [-0.15, -0.1) is 0 Å². The summed E-state index contributed by atoms with van der Waals surface area (Å²) < 4.78 is 0. The van der Waals surface area contributed by atoms with Crippen LogP contribution in [0.1, 0.15) is 31.7 Å². The standard InChI is InChI=1S/C14H18O4/c1-9-8-12(11-6-4-3-5-7-11)14-13(10(9)2)15-17-18-16-14/h3-7,9-10,12-14H,8H2,1-2H3. The Morgan fingerprint density at radius 1 is 0.944 bits per heavy atom. The van der Waals surface area contributed by atoms with E-state index in [1.165, 1.54) is 5.56 Å². The lowest BCUT2D eigenvalue weighted by Gasteiger charge is -2.44. The molecule has 2 fully saturated rings. The topological polar surface area (TPSA) is 36.9 Å². The Morgan fingerprint density at radius 2 is 1.61 bits per heavy atom. The summed E-state index contributed by atoms with van der Waals surface area (Å²) in [7, 11) is 0. The van der Waals surface area contributed by atoms with Crippen LogP contribution >= 0.6 is 0 Å². The molecule has 0 aromatic heterocycles. The molecule has 98 valence electrons. The largest absolute Gasteiger partial charge is 0.197 e. The number of hydrogen-bond donors (Lipinski definition) is 0. The molecule has 4 heteroatoms. The highest BCUT2D eigenvalue weighted by atomic mass is 17.7. The van der Waals surface area contributed by atoms with Crippen molar-refractivity contribution in [2.45, 2.75) is 38.4 Å². The second-order valence-corrected chi connectivity index (χ2v) is 5.35. The van der Waals surface area contributed by atoms with Gasteiger partial charge in [0.1, 0.15) is 12.2 Å². The summed E-state index contributed by atoms with van der Waals surface area (Å²) >= 11 is 0. The molecule has 18 heavy (non-hydrogen) atoms. The number of rotatable bonds is 1. The minimum absolute atomic E-state index is 0.0762. The predicted octanol–water partition coefficient (Wildman–Crippen LogP) is 3.01. The first-order valence-corrected chi connectivity index (χ1v) is 6.48. The first-order valence-electron chi connectivity index (χ1n) is 6.48. The van der Waals surface area contributed by atoms with Crippen LogP contribution in [0, 0.1) is 11.8 Å². The van der Waals surface area contributed by atoms with Crippen LogP contribution in [0.2, 0.25) is 0 Å². The summed E-state index contributed by atoms with van der Waals surface area (Å²) in [6.45, 7) is 4.41. The lowest BCUT2D eigenvalue weighted by atomic mass is 9.70. The van der Waals surface area contributed by atoms with E-state index in [0.29, 0.717) is 11.8 Å². The molecule has 0 radical (unpaired) electrons. The Balaban J connectivity index is 1.89. The zero-order valence-corrected chi connectivity index (χ0v) is 10.6. The minimum Gasteiger partial charge on any atom is -0.197 e. The van der Waals surface area contributed by atoms with Crippen molar-refractivity contribution < 1.29 is 19.9 Å². The van der Waals surface area contributed by atoms with Crippen LogP contribution in [0.4, 0.5) is 0 Å². The van der Waals surface area contributed by atoms with Gasteiger partial charge in [0.15, 0.2) is 0 Å². The summed E-state index contributed by atoms with van der Waals surface area (Å²) in [5.74, 6) is 1.23. The summed E-state index contributed by atoms with van der Waals surface area (Å²) in [4.78, 5) is 10.6. The van der Waals surface area contributed by atoms with Crippen LogP contribution in [-0.2, 0) is 19.9 Å². The van der Waals surface area contributed by atoms with E-state index in [-0.39, 0.29) is 18.1 Å². The van der Waals surface area contributed by atoms with Gasteiger partial charge in [-0.05, 0) is 33.9 Å². The molecule has 0 amide bonds. The fourth-order valence-electron chi connectivity index (χ4n) is 3.01. The van der Waals surface area contributed by atoms with Gasteiger partial charge in [0.2, 0.25) is 0 Å². The summed E-state index contributed by atoms with van der Waals surface area (Å²) in [5.41, 5.74) is 1.26. The lowest BCUT2D eigenvalue weighted by Crippen LogP contribution is -2.50. The second kappa shape index (κ2) is 4.97. The average Bonchev–Trinajstić information content (AvgIpc) is 2.44. The van der Waals surface area contributed by atoms with Crippen molar-refractivity contribution in [2.24, 2.45) is 11.8 Å². The molecular weight excluding hydrogens is 232 g/mol. The van der Waals surface area contributed by atoms with E-state index in [0.717, 1.165) is 6.42 Å². The van der Waals surface area contributed by atoms with Crippen molar-refractivity contribution in [2.75, 3.05) is 0 Å². The van der Waals surface area contributed by atoms with Crippen molar-refractivity contribution in [3.63, 3.8) is 0 Å². The van der Waals surface area contributed by atoms with E-state index in [1.807, 2.05) is 18.2 Å². The molecular formula is C14H18O4. The summed E-state index contributed by atoms with van der Waals surface area (Å²) in [5, 5.41) is 9.07. The highest BCUT2D eigenvalue weighted by Gasteiger charge is 2.47. The number of fused-ring (bicyclic) bond motifs is 1. The van der Waals surface area contributed by atoms with Gasteiger partial charge in [0, 0.05) is 5.92 Å². The highest BCUT2D eigenvalue weighted by Crippen LogP contribution is 2.43. The van der Waals surface area contributed by atoms with E-state index in [9.17, 15) is 0 Å². The molecule has 1 saturated carbocycles. The van der Waals surface area contributed by atoms with Crippen LogP contribution < -0.4 is 0 Å². The quantitative estimate of drug-likeness (QED) is 0.718. The molecule has 4 nitrogen and oxygen atoms in total. The van der Waals surface area contributed by atoms with Crippen LogP contribution in [-0.4, -0.2) is 12.2 Å². The molecule has 0 bridgehead atoms. The van der Waals surface area contributed by atoms with E-state index >= 15 is 0 Å². The smallest absolute Gasteiger partial charge is 0.133 e. The maximum Gasteiger partial charge on any atom is 0.133 e. The van der Waals surface area contributed by atoms with E-state index < -0.39 is 0 Å². The molecule has 5 atom stereocenters. The first-order chi connectivity index (χ1) is 8.77. The van der Waals surface area contributed by atoms with E-state index in [2.05, 4.69) is 36.1 Å². The van der Waals surface area contributed by atoms with Gasteiger partial charge < -0.3 is 0 Å². The highest BCUT2D eigenvalue weighted by molar-refractivity contribution is 5.22. The Morgan fingerprint density at radius 3 is 2.33 bits per heavy atom. The van der Waals surface area contributed by atoms with Crippen LogP contribution in [0.15, 0.2) is 30.3 Å². The third-order valence-corrected chi connectivity index (χ3v) is 4.32. The zero-order chi connectivity index (χ0) is 12.5. The van der Waals surface area contributed by atoms with Crippen molar-refractivity contribution >= 4 is 0 Å². The van der Waals surface area contributed by atoms with Gasteiger partial charge in [0.25, 0.3) is 0 Å². The Hall–Kier alpha value is -0.940. The molecule has 2 aliphatic rings. The molecule has 1 heterocycles. The van der Waals surface area contributed by atoms with Gasteiger partial charge in [-0.1, -0.05) is 44.2 Å². The molecule has 5 unspecified atom stereocenters. The van der Waals surface area contributed by atoms with Gasteiger partial charge in [0.05, 0.1) is 0 Å². The molecule has 1 saturated heterocycles. The SMILES string of the molecule is CC1CC(c2ccccc2)C2OOOOC2C1C. The van der Waals surface area contributed by atoms with Crippen LogP contribution in [0.5, 0.6) is 0 Å². The van der Waals surface area contributed by atoms with Gasteiger partial charge in [-0.2, -0.15) is 9.78 Å². The van der Waals surface area contributed by atoms with Crippen LogP contribution in [0.25, 0.3) is 0 Å². The normalized spacial score (nSPS) is 40.2. The van der Waals surface area contributed by atoms with Crippen LogP contribution in [0.3, 0.4) is 0 Å². The fourth-order valence-corrected chi connectivity index (χ4v) is 3.01. The van der Waals surface area contributed by atoms with E-state index in [4.69, 9.17) is 9.78 Å². The summed E-state index contributed by atoms with van der Waals surface area (Å²) in [6, 6.07) is 10.4. The third-order valence-electron chi connectivity index (χ3n) is 4.32. The maximum absolute atomic E-state index is 5.32. The molecule has 0 N–H and O–H groups in total. The average molecular weight is 250 g/mol. The van der Waals surface area contributed by atoms with Crippen molar-refractivity contribution in [3.8, 4) is 0 Å². The first kappa shape index (κ1) is 12.1. The molecule has 1 aromatic rings. The Labute approximate surface area is 107 Å². The van der Waals surface area contributed by atoms with Crippen molar-refractivity contribution in [1.29, 1.82) is 0 Å². The molecule has 3 rings (SSSR count). The van der Waals surface area contributed by atoms with Gasteiger partial charge in [-0.25, -0.2) is 0 Å².